The molecule has 0 aliphatic carbocycles. The Hall–Kier alpha value is -2.29. The summed E-state index contributed by atoms with van der Waals surface area (Å²) in [5, 5.41) is 10.6. The number of rotatable bonds is 7. The second-order valence-corrected chi connectivity index (χ2v) is 8.43. The second kappa shape index (κ2) is 8.39. The lowest BCUT2D eigenvalue weighted by Gasteiger charge is -2.25. The molecule has 1 heterocycles. The van der Waals surface area contributed by atoms with Gasteiger partial charge < -0.3 is 19.9 Å². The molecule has 8 nitrogen and oxygen atoms in total. The first-order valence-electron chi connectivity index (χ1n) is 8.24. The summed E-state index contributed by atoms with van der Waals surface area (Å²) in [4.78, 5) is 23.7. The highest BCUT2D eigenvalue weighted by atomic mass is 32.2. The van der Waals surface area contributed by atoms with Crippen LogP contribution in [0.5, 0.6) is 11.5 Å². The third-order valence-corrected chi connectivity index (χ3v) is 6.55. The Bertz CT molecular complexity index is 775. The lowest BCUT2D eigenvalue weighted by atomic mass is 10.0. The zero-order chi connectivity index (χ0) is 19.3. The number of hydrogen-bond acceptors (Lipinski definition) is 6. The van der Waals surface area contributed by atoms with E-state index in [-0.39, 0.29) is 18.6 Å². The summed E-state index contributed by atoms with van der Waals surface area (Å²) in [5.74, 6) is -0.945. The normalized spacial score (nSPS) is 20.0. The molecule has 0 spiro atoms. The lowest BCUT2D eigenvalue weighted by Crippen LogP contribution is -2.44. The van der Waals surface area contributed by atoms with E-state index in [0.29, 0.717) is 29.9 Å². The third kappa shape index (κ3) is 4.66. The molecule has 144 valence electrons. The molecule has 2 unspecified atom stereocenters. The molecule has 26 heavy (non-hydrogen) atoms. The fourth-order valence-corrected chi connectivity index (χ4v) is 4.82. The molecule has 0 bridgehead atoms. The Labute approximate surface area is 152 Å². The molecule has 1 aromatic rings. The van der Waals surface area contributed by atoms with Gasteiger partial charge in [0.25, 0.3) is 0 Å². The molecule has 2 rings (SSSR count). The number of amides is 1. The predicted molar refractivity (Wildman–Crippen MR) is 94.1 cm³/mol. The third-order valence-electron chi connectivity index (χ3n) is 4.38. The monoisotopic (exact) mass is 385 g/mol. The van der Waals surface area contributed by atoms with Crippen LogP contribution in [0.15, 0.2) is 18.2 Å². The highest BCUT2D eigenvalue weighted by Gasteiger charge is 2.36. The van der Waals surface area contributed by atoms with E-state index in [1.807, 2.05) is 0 Å². The van der Waals surface area contributed by atoms with Crippen LogP contribution >= 0.6 is 0 Å². The molecule has 2 atom stereocenters. The molecule has 1 saturated heterocycles. The van der Waals surface area contributed by atoms with Crippen molar-refractivity contribution in [3.63, 3.8) is 0 Å². The molecule has 0 radical (unpaired) electrons. The second-order valence-electron chi connectivity index (χ2n) is 6.12. The number of benzene rings is 1. The highest BCUT2D eigenvalue weighted by Crippen LogP contribution is 2.31. The van der Waals surface area contributed by atoms with Gasteiger partial charge in [-0.05, 0) is 30.5 Å². The minimum atomic E-state index is -3.51. The van der Waals surface area contributed by atoms with E-state index >= 15 is 0 Å². The van der Waals surface area contributed by atoms with Crippen molar-refractivity contribution in [2.75, 3.05) is 20.0 Å². The van der Waals surface area contributed by atoms with Crippen LogP contribution in [0.2, 0.25) is 0 Å². The van der Waals surface area contributed by atoms with Crippen molar-refractivity contribution < 1.29 is 32.6 Å². The van der Waals surface area contributed by atoms with Gasteiger partial charge in [0.1, 0.15) is 5.25 Å². The van der Waals surface area contributed by atoms with Crippen LogP contribution in [0.1, 0.15) is 37.3 Å². The number of carbonyl (C=O) groups excluding carboxylic acids is 1. The summed E-state index contributed by atoms with van der Waals surface area (Å²) in [5.41, 5.74) is 0.492. The number of carbonyl (C=O) groups is 2. The van der Waals surface area contributed by atoms with Crippen molar-refractivity contribution >= 4 is 21.7 Å². The summed E-state index contributed by atoms with van der Waals surface area (Å²) in [6.45, 7) is 0. The van der Waals surface area contributed by atoms with Crippen LogP contribution in [-0.2, 0) is 19.4 Å². The molecule has 1 amide bonds. The molecule has 1 aliphatic heterocycles. The van der Waals surface area contributed by atoms with Crippen LogP contribution in [0.4, 0.5) is 0 Å². The molecule has 1 fully saturated rings. The minimum Gasteiger partial charge on any atom is -0.493 e. The van der Waals surface area contributed by atoms with Crippen LogP contribution < -0.4 is 14.8 Å². The number of hydrogen-bond donors (Lipinski definition) is 2. The van der Waals surface area contributed by atoms with Gasteiger partial charge in [0.15, 0.2) is 21.3 Å². The topological polar surface area (TPSA) is 119 Å². The molecule has 0 aromatic heterocycles. The molecule has 2 N–H and O–H groups in total. The Kier molecular flexibility index (Phi) is 6.47. The van der Waals surface area contributed by atoms with E-state index in [2.05, 4.69) is 5.32 Å². The Balaban J connectivity index is 2.27. The zero-order valence-corrected chi connectivity index (χ0v) is 15.5. The number of carboxylic acids is 1. The van der Waals surface area contributed by atoms with E-state index < -0.39 is 33.0 Å². The lowest BCUT2D eigenvalue weighted by molar-refractivity contribution is -0.137. The van der Waals surface area contributed by atoms with Crippen molar-refractivity contribution in [1.29, 1.82) is 0 Å². The Morgan fingerprint density at radius 3 is 2.50 bits per heavy atom. The number of sulfone groups is 1. The quantitative estimate of drug-likeness (QED) is 0.726. The maximum absolute atomic E-state index is 12.5. The predicted octanol–water partition coefficient (Wildman–Crippen LogP) is 1.30. The molecule has 9 heteroatoms. The molecule has 0 saturated carbocycles. The van der Waals surface area contributed by atoms with Crippen LogP contribution in [0.3, 0.4) is 0 Å². The largest absolute Gasteiger partial charge is 0.493 e. The van der Waals surface area contributed by atoms with Crippen molar-refractivity contribution in [3.8, 4) is 11.5 Å². The Morgan fingerprint density at radius 1 is 1.23 bits per heavy atom. The number of aliphatic carboxylic acids is 1. The fraction of sp³-hybridized carbons (Fsp3) is 0.529. The minimum absolute atomic E-state index is 0.0228. The van der Waals surface area contributed by atoms with Crippen LogP contribution in [-0.4, -0.2) is 50.6 Å². The van der Waals surface area contributed by atoms with Gasteiger partial charge in [-0.25, -0.2) is 8.42 Å². The highest BCUT2D eigenvalue weighted by molar-refractivity contribution is 7.92. The number of carboxylic acid groups (broad SMARTS) is 1. The van der Waals surface area contributed by atoms with Crippen LogP contribution in [0.25, 0.3) is 0 Å². The first kappa shape index (κ1) is 20.0. The summed E-state index contributed by atoms with van der Waals surface area (Å²) >= 11 is 0. The average molecular weight is 385 g/mol. The molecule has 1 aliphatic rings. The number of nitrogens with one attached hydrogen (secondary N) is 1. The van der Waals surface area contributed by atoms with E-state index in [9.17, 15) is 23.1 Å². The number of ether oxygens (including phenoxy) is 2. The summed E-state index contributed by atoms with van der Waals surface area (Å²) in [6, 6.07) is 3.91. The average Bonchev–Trinajstić information content (AvgIpc) is 2.59. The smallest absolute Gasteiger partial charge is 0.305 e. The van der Waals surface area contributed by atoms with Gasteiger partial charge >= 0.3 is 5.97 Å². The van der Waals surface area contributed by atoms with Crippen LogP contribution in [0, 0.1) is 0 Å². The van der Waals surface area contributed by atoms with Gasteiger partial charge in [-0.15, -0.1) is 0 Å². The van der Waals surface area contributed by atoms with E-state index in [0.717, 1.165) is 0 Å². The van der Waals surface area contributed by atoms with Crippen molar-refractivity contribution in [2.24, 2.45) is 0 Å². The zero-order valence-electron chi connectivity index (χ0n) is 14.7. The molecular formula is C17H23NO7S. The van der Waals surface area contributed by atoms with Gasteiger partial charge in [0.2, 0.25) is 5.91 Å². The van der Waals surface area contributed by atoms with Gasteiger partial charge in [-0.2, -0.15) is 0 Å². The first-order chi connectivity index (χ1) is 12.3. The van der Waals surface area contributed by atoms with Gasteiger partial charge in [-0.1, -0.05) is 12.5 Å². The van der Waals surface area contributed by atoms with Gasteiger partial charge in [0, 0.05) is 0 Å². The summed E-state index contributed by atoms with van der Waals surface area (Å²) in [6.07, 6.45) is 1.06. The maximum atomic E-state index is 12.5. The standard InChI is InChI=1S/C17H23NO7S/c1-24-13-7-6-11(9-14(13)25-2)12(10-16(19)20)18-17(21)15-5-3-4-8-26(15,22)23/h6-7,9,12,15H,3-5,8,10H2,1-2H3,(H,18,21)(H,19,20). The molecular weight excluding hydrogens is 362 g/mol. The molecule has 1 aromatic carbocycles. The summed E-state index contributed by atoms with van der Waals surface area (Å²) < 4.78 is 34.6. The Morgan fingerprint density at radius 2 is 1.92 bits per heavy atom. The van der Waals surface area contributed by atoms with Crippen molar-refractivity contribution in [2.45, 2.75) is 37.0 Å². The van der Waals surface area contributed by atoms with Gasteiger partial charge in [-0.3, -0.25) is 9.59 Å². The van der Waals surface area contributed by atoms with E-state index in [4.69, 9.17) is 9.47 Å². The fourth-order valence-electron chi connectivity index (χ4n) is 3.01. The maximum Gasteiger partial charge on any atom is 0.305 e. The SMILES string of the molecule is COc1ccc(C(CC(=O)O)NC(=O)C2CCCCS2(=O)=O)cc1OC. The summed E-state index contributed by atoms with van der Waals surface area (Å²) in [7, 11) is -0.587. The first-order valence-corrected chi connectivity index (χ1v) is 9.95. The van der Waals surface area contributed by atoms with E-state index in [1.165, 1.54) is 14.2 Å². The van der Waals surface area contributed by atoms with Gasteiger partial charge in [0.05, 0.1) is 32.4 Å². The van der Waals surface area contributed by atoms with E-state index in [1.54, 1.807) is 18.2 Å². The van der Waals surface area contributed by atoms with Crippen molar-refractivity contribution in [1.82, 2.24) is 5.32 Å². The number of methoxy groups -OCH3 is 2. The van der Waals surface area contributed by atoms with Crippen molar-refractivity contribution in [3.05, 3.63) is 23.8 Å².